The second-order valence-electron chi connectivity index (χ2n) is 7.94. The average Bonchev–Trinajstić information content (AvgIpc) is 2.56. The maximum atomic E-state index is 11.2. The molecule has 0 heterocycles. The minimum atomic E-state index is -1.33. The van der Waals surface area contributed by atoms with Gasteiger partial charge in [-0.3, -0.25) is 0 Å². The Morgan fingerprint density at radius 3 is 2.54 bits per heavy atom. The molecular weight excluding hydrogens is 359 g/mol. The van der Waals surface area contributed by atoms with Crippen molar-refractivity contribution in [2.75, 3.05) is 13.2 Å². The van der Waals surface area contributed by atoms with Crippen molar-refractivity contribution in [3.63, 3.8) is 0 Å². The molecule has 3 N–H and O–H groups in total. The minimum absolute atomic E-state index is 0. The van der Waals surface area contributed by atoms with Crippen LogP contribution in [0.4, 0.5) is 0 Å². The van der Waals surface area contributed by atoms with Gasteiger partial charge in [-0.1, -0.05) is 44.2 Å². The average molecular weight is 389 g/mol. The van der Waals surface area contributed by atoms with Crippen LogP contribution in [0.1, 0.15) is 39.5 Å². The van der Waals surface area contributed by atoms with E-state index in [2.05, 4.69) is 13.5 Å². The van der Waals surface area contributed by atoms with E-state index in [1.54, 1.807) is 0 Å². The quantitative estimate of drug-likeness (QED) is 0.218. The summed E-state index contributed by atoms with van der Waals surface area (Å²) in [7, 11) is 0. The zero-order valence-electron chi connectivity index (χ0n) is 16.1. The summed E-state index contributed by atoms with van der Waals surface area (Å²) in [5.41, 5.74) is 0.201. The van der Waals surface area contributed by atoms with Gasteiger partial charge in [0.25, 0.3) is 0 Å². The van der Waals surface area contributed by atoms with Crippen molar-refractivity contribution in [1.29, 1.82) is 0 Å². The zero-order valence-corrected chi connectivity index (χ0v) is 19.2. The molecule has 1 unspecified atom stereocenters. The Morgan fingerprint density at radius 2 is 2.00 bits per heavy atom. The molecule has 0 aromatic heterocycles. The van der Waals surface area contributed by atoms with Crippen LogP contribution in [0, 0.1) is 22.7 Å². The van der Waals surface area contributed by atoms with E-state index in [4.69, 9.17) is 5.11 Å². The molecule has 0 aromatic carbocycles. The number of hydrogen-bond donors (Lipinski definition) is 3. The normalized spacial score (nSPS) is 38.0. The molecule has 0 amide bonds. The van der Waals surface area contributed by atoms with Crippen molar-refractivity contribution in [3.05, 3.63) is 36.0 Å². The number of aliphatic hydroxyl groups excluding tert-OH is 3. The topological polar surface area (TPSA) is 101 Å². The monoisotopic (exact) mass is 388 g/mol. The largest absolute Gasteiger partial charge is 1.00 e. The third-order valence-electron chi connectivity index (χ3n) is 6.57. The van der Waals surface area contributed by atoms with Crippen molar-refractivity contribution in [2.45, 2.75) is 45.6 Å². The van der Waals surface area contributed by atoms with Crippen LogP contribution in [-0.4, -0.2) is 40.6 Å². The maximum absolute atomic E-state index is 11.2. The van der Waals surface area contributed by atoms with E-state index >= 15 is 0 Å². The molecule has 5 nitrogen and oxygen atoms in total. The Kier molecular flexibility index (Phi) is 8.96. The first-order valence-electron chi connectivity index (χ1n) is 8.88. The Hall–Kier alpha value is 0.206. The summed E-state index contributed by atoms with van der Waals surface area (Å²) in [6, 6.07) is 0. The third kappa shape index (κ3) is 4.44. The number of carboxylic acids is 1. The summed E-state index contributed by atoms with van der Waals surface area (Å²) in [6.07, 6.45) is 7.00. The number of rotatable bonds is 5. The summed E-state index contributed by atoms with van der Waals surface area (Å²) in [4.78, 5) is 11.2. The Morgan fingerprint density at radius 1 is 1.35 bits per heavy atom. The second kappa shape index (κ2) is 9.61. The zero-order chi connectivity index (χ0) is 18.8. The summed E-state index contributed by atoms with van der Waals surface area (Å²) in [6.45, 7) is 7.82. The van der Waals surface area contributed by atoms with E-state index in [1.807, 2.05) is 13.0 Å². The molecule has 0 aromatic rings. The Balaban J connectivity index is 0.00000338. The van der Waals surface area contributed by atoms with Crippen LogP contribution in [0.3, 0.4) is 0 Å². The van der Waals surface area contributed by atoms with Gasteiger partial charge in [0.2, 0.25) is 0 Å². The molecule has 26 heavy (non-hydrogen) atoms. The second-order valence-corrected chi connectivity index (χ2v) is 7.94. The van der Waals surface area contributed by atoms with E-state index in [1.165, 1.54) is 12.2 Å². The maximum Gasteiger partial charge on any atom is 1.00 e. The van der Waals surface area contributed by atoms with Gasteiger partial charge < -0.3 is 25.2 Å². The number of carbonyl (C=O) groups is 1. The minimum Gasteiger partial charge on any atom is -0.545 e. The number of carbonyl (C=O) groups excluding carboxylic acids is 1. The molecule has 0 radical (unpaired) electrons. The summed E-state index contributed by atoms with van der Waals surface area (Å²) >= 11 is 0. The van der Waals surface area contributed by atoms with Crippen LogP contribution in [0.2, 0.25) is 0 Å². The molecule has 140 valence electrons. The number of hydrogen-bond acceptors (Lipinski definition) is 5. The van der Waals surface area contributed by atoms with Crippen molar-refractivity contribution in [3.8, 4) is 0 Å². The van der Waals surface area contributed by atoms with Crippen molar-refractivity contribution in [1.82, 2.24) is 0 Å². The Labute approximate surface area is 198 Å². The number of aliphatic hydroxyl groups is 3. The Bertz CT molecular complexity index is 599. The molecule has 0 spiro atoms. The van der Waals surface area contributed by atoms with Crippen molar-refractivity contribution >= 4 is 5.97 Å². The molecule has 6 heteroatoms. The van der Waals surface area contributed by atoms with Crippen LogP contribution in [0.5, 0.6) is 0 Å². The van der Waals surface area contributed by atoms with Gasteiger partial charge in [-0.15, -0.1) is 0 Å². The van der Waals surface area contributed by atoms with E-state index in [-0.39, 0.29) is 87.4 Å². The first kappa shape index (κ1) is 24.2. The standard InChI is InChI=1S/C20H30O5.K/c1-13-4-7-16-19(2,10-8-17(23)20(16,3)12-22)15(13)6-5-14(9-11-21)18(24)25;/h5-6,9,15-17,21-23H,1,4,7-8,10-12H2,2-3H3,(H,24,25);/q;+1/p-1/b6-5+,14-9+;/t15-,16?,17-,19+,20+;/m1./s1. The summed E-state index contributed by atoms with van der Waals surface area (Å²) in [5.74, 6) is -1.26. The fraction of sp³-hybridized carbons (Fsp3) is 0.650. The third-order valence-corrected chi connectivity index (χ3v) is 6.57. The number of fused-ring (bicyclic) bond motifs is 1. The van der Waals surface area contributed by atoms with Crippen LogP contribution >= 0.6 is 0 Å². The van der Waals surface area contributed by atoms with Crippen LogP contribution < -0.4 is 56.5 Å². The molecule has 0 saturated heterocycles. The van der Waals surface area contributed by atoms with Crippen LogP contribution in [-0.2, 0) is 4.79 Å². The summed E-state index contributed by atoms with van der Waals surface area (Å²) < 4.78 is 0. The fourth-order valence-corrected chi connectivity index (χ4v) is 5.01. The molecule has 2 aliphatic carbocycles. The molecule has 2 saturated carbocycles. The van der Waals surface area contributed by atoms with E-state index in [0.29, 0.717) is 6.42 Å². The number of allylic oxidation sites excluding steroid dienone is 2. The molecule has 0 aliphatic heterocycles. The van der Waals surface area contributed by atoms with E-state index in [0.717, 1.165) is 24.8 Å². The number of aliphatic carboxylic acids is 1. The van der Waals surface area contributed by atoms with Gasteiger partial charge in [-0.05, 0) is 42.6 Å². The smallest absolute Gasteiger partial charge is 0.545 e. The van der Waals surface area contributed by atoms with Gasteiger partial charge in [0.1, 0.15) is 0 Å². The van der Waals surface area contributed by atoms with E-state index < -0.39 is 17.5 Å². The van der Waals surface area contributed by atoms with Crippen LogP contribution in [0.15, 0.2) is 36.0 Å². The number of carboxylic acid groups (broad SMARTS) is 1. The van der Waals surface area contributed by atoms with Gasteiger partial charge in [-0.2, -0.15) is 0 Å². The summed E-state index contributed by atoms with van der Waals surface area (Å²) in [5, 5.41) is 40.6. The molecule has 5 atom stereocenters. The molecule has 2 fully saturated rings. The fourth-order valence-electron chi connectivity index (χ4n) is 5.01. The van der Waals surface area contributed by atoms with Gasteiger partial charge in [0, 0.05) is 11.3 Å². The van der Waals surface area contributed by atoms with Gasteiger partial charge in [-0.25, -0.2) is 0 Å². The van der Waals surface area contributed by atoms with Gasteiger partial charge >= 0.3 is 51.4 Å². The first-order valence-corrected chi connectivity index (χ1v) is 8.88. The predicted octanol–water partition coefficient (Wildman–Crippen LogP) is -2.04. The predicted molar refractivity (Wildman–Crippen MR) is 93.2 cm³/mol. The van der Waals surface area contributed by atoms with Gasteiger partial charge in [0.05, 0.1) is 25.3 Å². The molecular formula is C20H29KO5. The van der Waals surface area contributed by atoms with Crippen molar-refractivity contribution < 1.29 is 76.6 Å². The van der Waals surface area contributed by atoms with Crippen molar-refractivity contribution in [2.24, 2.45) is 22.7 Å². The molecule has 2 aliphatic rings. The SMILES string of the molecule is C=C1CCC2[C@](C)(CO)[C@H](O)CC[C@@]2(C)[C@@H]1/C=C/C(=C\CO)C(=O)[O-].[K+]. The molecule has 0 bridgehead atoms. The molecule has 2 rings (SSSR count). The van der Waals surface area contributed by atoms with Crippen LogP contribution in [0.25, 0.3) is 0 Å². The first-order chi connectivity index (χ1) is 11.7. The van der Waals surface area contributed by atoms with E-state index in [9.17, 15) is 20.1 Å². The van der Waals surface area contributed by atoms with Gasteiger partial charge in [0.15, 0.2) is 0 Å².